The fraction of sp³-hybridized carbons (Fsp3) is 0.625. The Kier molecular flexibility index (Phi) is 4.36. The first-order chi connectivity index (χ1) is 9.42. The monoisotopic (exact) mass is 261 g/mol. The van der Waals surface area contributed by atoms with E-state index in [1.165, 1.54) is 30.4 Å². The molecule has 1 aromatic rings. The summed E-state index contributed by atoms with van der Waals surface area (Å²) < 4.78 is 11.3. The Bertz CT molecular complexity index is 413. The standard InChI is InChI=1S/C16H23NO2/c1-2-8-17-15(3-1)12-18-9-6-13-4-5-16-14(11-13)7-10-19-16/h4-5,11,15,17H,1-3,6-10,12H2. The fourth-order valence-electron chi connectivity index (χ4n) is 2.88. The van der Waals surface area contributed by atoms with E-state index in [4.69, 9.17) is 9.47 Å². The maximum Gasteiger partial charge on any atom is 0.122 e. The lowest BCUT2D eigenvalue weighted by Gasteiger charge is -2.23. The van der Waals surface area contributed by atoms with Crippen LogP contribution in [0, 0.1) is 0 Å². The molecule has 0 aliphatic carbocycles. The van der Waals surface area contributed by atoms with Gasteiger partial charge in [0, 0.05) is 12.5 Å². The zero-order valence-electron chi connectivity index (χ0n) is 11.5. The van der Waals surface area contributed by atoms with Gasteiger partial charge in [0.25, 0.3) is 0 Å². The molecule has 0 saturated carbocycles. The highest BCUT2D eigenvalue weighted by atomic mass is 16.5. The minimum atomic E-state index is 0.571. The first kappa shape index (κ1) is 12.9. The molecule has 1 aromatic carbocycles. The largest absolute Gasteiger partial charge is 0.493 e. The van der Waals surface area contributed by atoms with Crippen LogP contribution in [0.4, 0.5) is 0 Å². The van der Waals surface area contributed by atoms with Crippen LogP contribution in [0.15, 0.2) is 18.2 Å². The third kappa shape index (κ3) is 3.48. The second kappa shape index (κ2) is 6.40. The van der Waals surface area contributed by atoms with Crippen LogP contribution in [-0.2, 0) is 17.6 Å². The van der Waals surface area contributed by atoms with Gasteiger partial charge in [0.05, 0.1) is 19.8 Å². The van der Waals surface area contributed by atoms with E-state index >= 15 is 0 Å². The number of nitrogens with one attached hydrogen (secondary N) is 1. The number of hydrogen-bond donors (Lipinski definition) is 1. The van der Waals surface area contributed by atoms with Crippen LogP contribution in [0.2, 0.25) is 0 Å². The predicted octanol–water partition coefficient (Wildman–Crippen LogP) is 2.32. The van der Waals surface area contributed by atoms with Crippen LogP contribution in [0.5, 0.6) is 5.75 Å². The first-order valence-corrected chi connectivity index (χ1v) is 7.47. The molecule has 1 saturated heterocycles. The topological polar surface area (TPSA) is 30.5 Å². The Labute approximate surface area is 115 Å². The molecule has 0 amide bonds. The Morgan fingerprint density at radius 1 is 1.32 bits per heavy atom. The van der Waals surface area contributed by atoms with Crippen molar-refractivity contribution in [3.63, 3.8) is 0 Å². The summed E-state index contributed by atoms with van der Waals surface area (Å²) in [5.41, 5.74) is 2.72. The Morgan fingerprint density at radius 3 is 3.21 bits per heavy atom. The minimum Gasteiger partial charge on any atom is -0.493 e. The molecule has 19 heavy (non-hydrogen) atoms. The average molecular weight is 261 g/mol. The van der Waals surface area contributed by atoms with Crippen molar-refractivity contribution in [3.05, 3.63) is 29.3 Å². The summed E-state index contributed by atoms with van der Waals surface area (Å²) in [5.74, 6) is 1.07. The fourth-order valence-corrected chi connectivity index (χ4v) is 2.88. The predicted molar refractivity (Wildman–Crippen MR) is 75.8 cm³/mol. The first-order valence-electron chi connectivity index (χ1n) is 7.47. The molecule has 3 nitrogen and oxygen atoms in total. The molecule has 1 unspecified atom stereocenters. The average Bonchev–Trinajstić information content (AvgIpc) is 2.92. The van der Waals surface area contributed by atoms with Crippen molar-refractivity contribution in [1.82, 2.24) is 5.32 Å². The zero-order valence-corrected chi connectivity index (χ0v) is 11.5. The van der Waals surface area contributed by atoms with Crippen LogP contribution in [0.25, 0.3) is 0 Å². The molecule has 1 fully saturated rings. The summed E-state index contributed by atoms with van der Waals surface area (Å²) in [4.78, 5) is 0. The van der Waals surface area contributed by atoms with E-state index in [0.29, 0.717) is 6.04 Å². The van der Waals surface area contributed by atoms with Gasteiger partial charge in [-0.15, -0.1) is 0 Å². The summed E-state index contributed by atoms with van der Waals surface area (Å²) in [7, 11) is 0. The summed E-state index contributed by atoms with van der Waals surface area (Å²) in [5, 5.41) is 3.51. The van der Waals surface area contributed by atoms with Crippen LogP contribution in [0.3, 0.4) is 0 Å². The number of rotatable bonds is 5. The molecule has 104 valence electrons. The molecule has 3 heteroatoms. The van der Waals surface area contributed by atoms with Gasteiger partial charge in [-0.1, -0.05) is 18.6 Å². The summed E-state index contributed by atoms with van der Waals surface area (Å²) in [6, 6.07) is 7.10. The van der Waals surface area contributed by atoms with Gasteiger partial charge < -0.3 is 14.8 Å². The van der Waals surface area contributed by atoms with Gasteiger partial charge in [0.15, 0.2) is 0 Å². The van der Waals surface area contributed by atoms with Gasteiger partial charge in [-0.3, -0.25) is 0 Å². The van der Waals surface area contributed by atoms with Crippen molar-refractivity contribution in [2.24, 2.45) is 0 Å². The third-order valence-electron chi connectivity index (χ3n) is 4.02. The van der Waals surface area contributed by atoms with E-state index in [1.807, 2.05) is 0 Å². The molecular weight excluding hydrogens is 238 g/mol. The molecule has 0 bridgehead atoms. The number of piperidine rings is 1. The second-order valence-corrected chi connectivity index (χ2v) is 5.51. The molecule has 2 aliphatic heterocycles. The molecule has 0 radical (unpaired) electrons. The zero-order chi connectivity index (χ0) is 12.9. The molecule has 2 heterocycles. The van der Waals surface area contributed by atoms with Gasteiger partial charge >= 0.3 is 0 Å². The van der Waals surface area contributed by atoms with Crippen molar-refractivity contribution in [1.29, 1.82) is 0 Å². The SMILES string of the molecule is c1cc2c(cc1CCOCC1CCCCN1)CCO2. The third-order valence-corrected chi connectivity index (χ3v) is 4.02. The molecule has 1 atom stereocenters. The number of ether oxygens (including phenoxy) is 2. The van der Waals surface area contributed by atoms with Crippen molar-refractivity contribution >= 4 is 0 Å². The van der Waals surface area contributed by atoms with E-state index in [0.717, 1.165) is 45.0 Å². The van der Waals surface area contributed by atoms with E-state index < -0.39 is 0 Å². The van der Waals surface area contributed by atoms with E-state index in [2.05, 4.69) is 23.5 Å². The minimum absolute atomic E-state index is 0.571. The van der Waals surface area contributed by atoms with E-state index in [1.54, 1.807) is 0 Å². The summed E-state index contributed by atoms with van der Waals surface area (Å²) >= 11 is 0. The molecule has 3 rings (SSSR count). The smallest absolute Gasteiger partial charge is 0.122 e. The van der Waals surface area contributed by atoms with Gasteiger partial charge in [-0.2, -0.15) is 0 Å². The van der Waals surface area contributed by atoms with Crippen LogP contribution < -0.4 is 10.1 Å². The lowest BCUT2D eigenvalue weighted by atomic mass is 10.1. The second-order valence-electron chi connectivity index (χ2n) is 5.51. The van der Waals surface area contributed by atoms with Crippen molar-refractivity contribution in [3.8, 4) is 5.75 Å². The number of fused-ring (bicyclic) bond motifs is 1. The lowest BCUT2D eigenvalue weighted by Crippen LogP contribution is -2.37. The molecular formula is C16H23NO2. The molecule has 1 N–H and O–H groups in total. The Morgan fingerprint density at radius 2 is 2.32 bits per heavy atom. The highest BCUT2D eigenvalue weighted by Gasteiger charge is 2.13. The highest BCUT2D eigenvalue weighted by molar-refractivity contribution is 5.39. The molecule has 2 aliphatic rings. The van der Waals surface area contributed by atoms with E-state index in [-0.39, 0.29) is 0 Å². The van der Waals surface area contributed by atoms with E-state index in [9.17, 15) is 0 Å². The van der Waals surface area contributed by atoms with Crippen molar-refractivity contribution in [2.45, 2.75) is 38.1 Å². The van der Waals surface area contributed by atoms with Crippen LogP contribution in [0.1, 0.15) is 30.4 Å². The van der Waals surface area contributed by atoms with Crippen LogP contribution in [-0.4, -0.2) is 32.4 Å². The Hall–Kier alpha value is -1.06. The van der Waals surface area contributed by atoms with Crippen molar-refractivity contribution in [2.75, 3.05) is 26.4 Å². The Balaban J connectivity index is 1.40. The van der Waals surface area contributed by atoms with Gasteiger partial charge in [0.1, 0.15) is 5.75 Å². The molecule has 0 aromatic heterocycles. The maximum absolute atomic E-state index is 5.80. The summed E-state index contributed by atoms with van der Waals surface area (Å²) in [6.07, 6.45) is 5.96. The van der Waals surface area contributed by atoms with Gasteiger partial charge in [0.2, 0.25) is 0 Å². The van der Waals surface area contributed by atoms with Crippen LogP contribution >= 0.6 is 0 Å². The quantitative estimate of drug-likeness (QED) is 0.825. The summed E-state index contributed by atoms with van der Waals surface area (Å²) in [6.45, 7) is 3.66. The highest BCUT2D eigenvalue weighted by Crippen LogP contribution is 2.25. The van der Waals surface area contributed by atoms with Gasteiger partial charge in [-0.05, 0) is 43.0 Å². The maximum atomic E-state index is 5.80. The van der Waals surface area contributed by atoms with Gasteiger partial charge in [-0.25, -0.2) is 0 Å². The molecule has 0 spiro atoms. The normalized spacial score (nSPS) is 22.0. The number of benzene rings is 1. The number of hydrogen-bond acceptors (Lipinski definition) is 3. The van der Waals surface area contributed by atoms with Crippen molar-refractivity contribution < 1.29 is 9.47 Å². The lowest BCUT2D eigenvalue weighted by molar-refractivity contribution is 0.105.